The smallest absolute Gasteiger partial charge is 0.200 e. The van der Waals surface area contributed by atoms with E-state index in [-0.39, 0.29) is 5.54 Å². The zero-order valence-electron chi connectivity index (χ0n) is 19.8. The van der Waals surface area contributed by atoms with Gasteiger partial charge in [0.05, 0.1) is 18.4 Å². The number of hydrogen-bond donors (Lipinski definition) is 1. The number of nitrogens with one attached hydrogen (secondary N) is 1. The molecule has 30 heavy (non-hydrogen) atoms. The van der Waals surface area contributed by atoms with Crippen molar-refractivity contribution in [3.05, 3.63) is 24.2 Å². The van der Waals surface area contributed by atoms with E-state index in [4.69, 9.17) is 10.1 Å². The van der Waals surface area contributed by atoms with E-state index in [0.717, 1.165) is 49.1 Å². The van der Waals surface area contributed by atoms with Crippen LogP contribution in [0.2, 0.25) is 0 Å². The van der Waals surface area contributed by atoms with Crippen molar-refractivity contribution in [1.29, 1.82) is 0 Å². The quantitative estimate of drug-likeness (QED) is 0.709. The van der Waals surface area contributed by atoms with Crippen molar-refractivity contribution in [3.63, 3.8) is 0 Å². The molecule has 0 spiro atoms. The Hall–Kier alpha value is -1.99. The largest absolute Gasteiger partial charge is 0.379 e. The van der Waals surface area contributed by atoms with Gasteiger partial charge in [0.25, 0.3) is 0 Å². The van der Waals surface area contributed by atoms with Crippen LogP contribution >= 0.6 is 0 Å². The maximum atomic E-state index is 4.93. The molecule has 0 aromatic carbocycles. The number of aromatic nitrogens is 4. The molecule has 0 amide bonds. The lowest BCUT2D eigenvalue weighted by Gasteiger charge is -2.25. The van der Waals surface area contributed by atoms with Crippen LogP contribution in [-0.4, -0.2) is 67.8 Å². The minimum Gasteiger partial charge on any atom is -0.379 e. The van der Waals surface area contributed by atoms with Crippen molar-refractivity contribution in [2.45, 2.75) is 84.6 Å². The first-order valence-corrected chi connectivity index (χ1v) is 11.2. The SMILES string of the molecule is CC1CCC(C)N1Cc1nc(-c2ccc(NC(C)(C)C)cn2)nn1CCCN(C)C. The van der Waals surface area contributed by atoms with Crippen LogP contribution in [0.15, 0.2) is 18.3 Å². The first kappa shape index (κ1) is 22.7. The number of pyridine rings is 1. The highest BCUT2D eigenvalue weighted by atomic mass is 15.4. The van der Waals surface area contributed by atoms with Crippen molar-refractivity contribution >= 4 is 5.69 Å². The predicted molar refractivity (Wildman–Crippen MR) is 124 cm³/mol. The fourth-order valence-electron chi connectivity index (χ4n) is 4.07. The third-order valence-electron chi connectivity index (χ3n) is 5.69. The molecule has 3 heterocycles. The third kappa shape index (κ3) is 6.01. The number of anilines is 1. The molecule has 1 fully saturated rings. The fourth-order valence-corrected chi connectivity index (χ4v) is 4.07. The van der Waals surface area contributed by atoms with Gasteiger partial charge < -0.3 is 10.2 Å². The van der Waals surface area contributed by atoms with Gasteiger partial charge in [-0.1, -0.05) is 0 Å². The number of likely N-dealkylation sites (tertiary alicyclic amines) is 1. The van der Waals surface area contributed by atoms with E-state index >= 15 is 0 Å². The van der Waals surface area contributed by atoms with Crippen molar-refractivity contribution in [2.24, 2.45) is 0 Å². The summed E-state index contributed by atoms with van der Waals surface area (Å²) >= 11 is 0. The number of aryl methyl sites for hydroxylation is 1. The predicted octanol–water partition coefficient (Wildman–Crippen LogP) is 3.88. The lowest BCUT2D eigenvalue weighted by molar-refractivity contribution is 0.195. The molecule has 1 aliphatic heterocycles. The summed E-state index contributed by atoms with van der Waals surface area (Å²) in [5, 5.41) is 8.30. The molecule has 2 unspecified atom stereocenters. The molecule has 0 aliphatic carbocycles. The Morgan fingerprint density at radius 2 is 1.83 bits per heavy atom. The minimum absolute atomic E-state index is 0.00570. The van der Waals surface area contributed by atoms with E-state index < -0.39 is 0 Å². The summed E-state index contributed by atoms with van der Waals surface area (Å²) in [5.74, 6) is 1.76. The monoisotopic (exact) mass is 413 g/mol. The molecule has 3 rings (SSSR count). The highest BCUT2D eigenvalue weighted by Gasteiger charge is 2.29. The highest BCUT2D eigenvalue weighted by molar-refractivity contribution is 5.54. The Balaban J connectivity index is 1.81. The second kappa shape index (κ2) is 9.43. The molecule has 0 bridgehead atoms. The van der Waals surface area contributed by atoms with Gasteiger partial charge in [-0.05, 0) is 86.7 Å². The van der Waals surface area contributed by atoms with E-state index in [2.05, 4.69) is 79.6 Å². The van der Waals surface area contributed by atoms with Gasteiger partial charge in [0.1, 0.15) is 11.5 Å². The van der Waals surface area contributed by atoms with Crippen molar-refractivity contribution in [2.75, 3.05) is 26.0 Å². The van der Waals surface area contributed by atoms with Gasteiger partial charge in [0.2, 0.25) is 0 Å². The summed E-state index contributed by atoms with van der Waals surface area (Å²) in [7, 11) is 4.22. The molecule has 7 nitrogen and oxygen atoms in total. The van der Waals surface area contributed by atoms with Crippen molar-refractivity contribution in [1.82, 2.24) is 29.5 Å². The average Bonchev–Trinajstić information content (AvgIpc) is 3.19. The normalized spacial score (nSPS) is 20.3. The summed E-state index contributed by atoms with van der Waals surface area (Å²) in [6, 6.07) is 5.26. The Kier molecular flexibility index (Phi) is 7.14. The maximum Gasteiger partial charge on any atom is 0.200 e. The van der Waals surface area contributed by atoms with Gasteiger partial charge >= 0.3 is 0 Å². The van der Waals surface area contributed by atoms with E-state index in [9.17, 15) is 0 Å². The minimum atomic E-state index is 0.00570. The molecule has 1 aliphatic rings. The Labute approximate surface area is 181 Å². The van der Waals surface area contributed by atoms with E-state index in [1.165, 1.54) is 12.8 Å². The first-order valence-electron chi connectivity index (χ1n) is 11.2. The highest BCUT2D eigenvalue weighted by Crippen LogP contribution is 2.26. The van der Waals surface area contributed by atoms with Crippen molar-refractivity contribution < 1.29 is 0 Å². The Bertz CT molecular complexity index is 794. The summed E-state index contributed by atoms with van der Waals surface area (Å²) in [6.07, 6.45) is 5.44. The molecule has 1 saturated heterocycles. The van der Waals surface area contributed by atoms with Crippen molar-refractivity contribution in [3.8, 4) is 11.5 Å². The lowest BCUT2D eigenvalue weighted by atomic mass is 10.1. The number of hydrogen-bond acceptors (Lipinski definition) is 6. The number of nitrogens with zero attached hydrogens (tertiary/aromatic N) is 6. The summed E-state index contributed by atoms with van der Waals surface area (Å²) in [5.41, 5.74) is 1.84. The molecule has 7 heteroatoms. The van der Waals surface area contributed by atoms with Crippen LogP contribution in [-0.2, 0) is 13.1 Å². The summed E-state index contributed by atoms with van der Waals surface area (Å²) in [4.78, 5) is 14.3. The average molecular weight is 414 g/mol. The summed E-state index contributed by atoms with van der Waals surface area (Å²) < 4.78 is 2.10. The lowest BCUT2D eigenvalue weighted by Crippen LogP contribution is -2.33. The zero-order chi connectivity index (χ0) is 21.9. The molecule has 1 N–H and O–H groups in total. The first-order chi connectivity index (χ1) is 14.1. The van der Waals surface area contributed by atoms with Crippen LogP contribution in [0.4, 0.5) is 5.69 Å². The van der Waals surface area contributed by atoms with Gasteiger partial charge in [0, 0.05) is 24.2 Å². The van der Waals surface area contributed by atoms with Gasteiger partial charge in [-0.25, -0.2) is 9.67 Å². The van der Waals surface area contributed by atoms with Gasteiger partial charge in [-0.3, -0.25) is 9.88 Å². The fraction of sp³-hybridized carbons (Fsp3) is 0.696. The standard InChI is InChI=1S/C23H39N7/c1-17-9-10-18(2)29(17)16-21-25-22(27-30(21)14-8-13-28(6)7)20-12-11-19(15-24-20)26-23(3,4)5/h11-12,15,17-18,26H,8-10,13-14,16H2,1-7H3. The van der Waals surface area contributed by atoms with Crippen LogP contribution < -0.4 is 5.32 Å². The topological polar surface area (TPSA) is 62.1 Å². The molecule has 2 aromatic rings. The number of rotatable bonds is 8. The molecule has 0 radical (unpaired) electrons. The van der Waals surface area contributed by atoms with Crippen LogP contribution in [0, 0.1) is 0 Å². The third-order valence-corrected chi connectivity index (χ3v) is 5.69. The van der Waals surface area contributed by atoms with Gasteiger partial charge in [0.15, 0.2) is 5.82 Å². The molecule has 166 valence electrons. The summed E-state index contributed by atoms with van der Waals surface area (Å²) in [6.45, 7) is 13.8. The second-order valence-corrected chi connectivity index (χ2v) is 9.99. The maximum absolute atomic E-state index is 4.93. The molecule has 0 saturated carbocycles. The molecular formula is C23H39N7. The second-order valence-electron chi connectivity index (χ2n) is 9.99. The van der Waals surface area contributed by atoms with E-state index in [0.29, 0.717) is 12.1 Å². The Morgan fingerprint density at radius 1 is 1.13 bits per heavy atom. The van der Waals surface area contributed by atoms with E-state index in [1.807, 2.05) is 12.3 Å². The van der Waals surface area contributed by atoms with Crippen LogP contribution in [0.5, 0.6) is 0 Å². The van der Waals surface area contributed by atoms with Crippen LogP contribution in [0.3, 0.4) is 0 Å². The molecular weight excluding hydrogens is 374 g/mol. The Morgan fingerprint density at radius 3 is 2.40 bits per heavy atom. The van der Waals surface area contributed by atoms with Gasteiger partial charge in [-0.15, -0.1) is 5.10 Å². The van der Waals surface area contributed by atoms with Crippen LogP contribution in [0.1, 0.15) is 59.7 Å². The van der Waals surface area contributed by atoms with E-state index in [1.54, 1.807) is 0 Å². The molecule has 2 atom stereocenters. The van der Waals surface area contributed by atoms with Crippen LogP contribution in [0.25, 0.3) is 11.5 Å². The molecule has 2 aromatic heterocycles. The zero-order valence-corrected chi connectivity index (χ0v) is 19.8. The van der Waals surface area contributed by atoms with Gasteiger partial charge in [-0.2, -0.15) is 0 Å².